The molecule has 11 heteroatoms. The lowest BCUT2D eigenvalue weighted by molar-refractivity contribution is -0.146. The zero-order valence-corrected chi connectivity index (χ0v) is 24.4. The van der Waals surface area contributed by atoms with Crippen LogP contribution in [0.4, 0.5) is 8.78 Å². The van der Waals surface area contributed by atoms with E-state index in [0.717, 1.165) is 30.6 Å². The van der Waals surface area contributed by atoms with Gasteiger partial charge in [-0.15, -0.1) is 0 Å². The number of imidazole rings is 1. The van der Waals surface area contributed by atoms with E-state index in [1.807, 2.05) is 24.3 Å². The second-order valence-electron chi connectivity index (χ2n) is 10.7. The van der Waals surface area contributed by atoms with E-state index < -0.39 is 24.4 Å². The van der Waals surface area contributed by atoms with E-state index in [4.69, 9.17) is 27.9 Å². The summed E-state index contributed by atoms with van der Waals surface area (Å²) >= 11 is 13.6. The predicted octanol–water partition coefficient (Wildman–Crippen LogP) is 6.40. The van der Waals surface area contributed by atoms with Crippen LogP contribution in [0.5, 0.6) is 0 Å². The minimum atomic E-state index is -1.04. The average Bonchev–Trinajstić information content (AvgIpc) is 3.67. The molecule has 6 rings (SSSR count). The van der Waals surface area contributed by atoms with Crippen molar-refractivity contribution < 1.29 is 18.3 Å². The zero-order valence-electron chi connectivity index (χ0n) is 22.9. The number of piperidine rings is 1. The molecule has 0 amide bonds. The van der Waals surface area contributed by atoms with Crippen molar-refractivity contribution in [3.63, 3.8) is 0 Å². The van der Waals surface area contributed by atoms with Crippen molar-refractivity contribution in [3.05, 3.63) is 69.9 Å². The van der Waals surface area contributed by atoms with E-state index in [9.17, 15) is 13.6 Å². The molecule has 4 aromatic rings. The third kappa shape index (κ3) is 5.13. The van der Waals surface area contributed by atoms with Crippen LogP contribution in [0.3, 0.4) is 0 Å². The van der Waals surface area contributed by atoms with Gasteiger partial charge in [-0.3, -0.25) is 4.68 Å². The number of rotatable bonds is 7. The van der Waals surface area contributed by atoms with E-state index in [1.165, 1.54) is 4.68 Å². The van der Waals surface area contributed by atoms with Gasteiger partial charge in [0, 0.05) is 41.7 Å². The van der Waals surface area contributed by atoms with Crippen molar-refractivity contribution in [3.8, 4) is 11.1 Å². The number of ether oxygens (including phenoxy) is 1. The number of likely N-dealkylation sites (tertiary alicyclic amines) is 1. The first-order chi connectivity index (χ1) is 19.8. The first kappa shape index (κ1) is 28.1. The zero-order chi connectivity index (χ0) is 28.8. The SMILES string of the molecule is CCOC(=O)C(c1ncn2c1C[C@H](F)C2)n1cc2c(Cl)cc(-c3ccc([C@@H]4CCN(CC)C[C@H]4F)cc3)c(Cl)c2n1. The third-order valence-electron chi connectivity index (χ3n) is 8.25. The molecule has 1 fully saturated rings. The van der Waals surface area contributed by atoms with Crippen LogP contribution >= 0.6 is 23.2 Å². The van der Waals surface area contributed by atoms with Gasteiger partial charge in [-0.05, 0) is 43.6 Å². The number of benzene rings is 2. The lowest BCUT2D eigenvalue weighted by Crippen LogP contribution is -2.40. The van der Waals surface area contributed by atoms with E-state index >= 15 is 0 Å². The van der Waals surface area contributed by atoms with Crippen molar-refractivity contribution in [1.29, 1.82) is 0 Å². The summed E-state index contributed by atoms with van der Waals surface area (Å²) < 4.78 is 37.6. The van der Waals surface area contributed by atoms with Gasteiger partial charge in [-0.1, -0.05) is 54.4 Å². The molecule has 216 valence electrons. The molecule has 0 spiro atoms. The summed E-state index contributed by atoms with van der Waals surface area (Å²) in [6, 6.07) is 8.51. The number of alkyl halides is 2. The first-order valence-electron chi connectivity index (χ1n) is 14.0. The van der Waals surface area contributed by atoms with Gasteiger partial charge in [-0.25, -0.2) is 18.6 Å². The van der Waals surface area contributed by atoms with Gasteiger partial charge in [0.15, 0.2) is 6.04 Å². The van der Waals surface area contributed by atoms with Crippen LogP contribution in [-0.2, 0) is 22.5 Å². The molecule has 1 saturated heterocycles. The van der Waals surface area contributed by atoms with E-state index in [-0.39, 0.29) is 25.5 Å². The molecule has 2 aliphatic rings. The largest absolute Gasteiger partial charge is 0.464 e. The Bertz CT molecular complexity index is 1590. The minimum Gasteiger partial charge on any atom is -0.464 e. The molecule has 0 radical (unpaired) electrons. The van der Waals surface area contributed by atoms with Crippen LogP contribution in [-0.4, -0.2) is 68.8 Å². The molecule has 0 aliphatic carbocycles. The Morgan fingerprint density at radius 1 is 1.17 bits per heavy atom. The normalized spacial score (nSPS) is 21.8. The van der Waals surface area contributed by atoms with Crippen molar-refractivity contribution in [2.24, 2.45) is 0 Å². The van der Waals surface area contributed by atoms with Crippen LogP contribution in [0.2, 0.25) is 10.0 Å². The van der Waals surface area contributed by atoms with Crippen molar-refractivity contribution in [1.82, 2.24) is 24.2 Å². The fraction of sp³-hybridized carbons (Fsp3) is 0.433. The highest BCUT2D eigenvalue weighted by atomic mass is 35.5. The molecule has 7 nitrogen and oxygen atoms in total. The lowest BCUT2D eigenvalue weighted by atomic mass is 9.87. The highest BCUT2D eigenvalue weighted by molar-refractivity contribution is 6.42. The van der Waals surface area contributed by atoms with Gasteiger partial charge in [-0.2, -0.15) is 5.10 Å². The Morgan fingerprint density at radius 3 is 2.66 bits per heavy atom. The fourth-order valence-electron chi connectivity index (χ4n) is 6.09. The van der Waals surface area contributed by atoms with Crippen LogP contribution in [0.15, 0.2) is 42.9 Å². The second-order valence-corrected chi connectivity index (χ2v) is 11.5. The maximum absolute atomic E-state index is 14.9. The van der Waals surface area contributed by atoms with Crippen molar-refractivity contribution >= 4 is 40.1 Å². The monoisotopic (exact) mass is 601 g/mol. The summed E-state index contributed by atoms with van der Waals surface area (Å²) in [5.74, 6) is -0.691. The van der Waals surface area contributed by atoms with Crippen LogP contribution in [0.1, 0.15) is 49.2 Å². The summed E-state index contributed by atoms with van der Waals surface area (Å²) in [7, 11) is 0. The minimum absolute atomic E-state index is 0.138. The van der Waals surface area contributed by atoms with Gasteiger partial charge in [0.25, 0.3) is 0 Å². The number of carbonyl (C=O) groups is 1. The van der Waals surface area contributed by atoms with Gasteiger partial charge < -0.3 is 14.2 Å². The number of halogens is 4. The number of aromatic nitrogens is 4. The molecule has 2 aliphatic heterocycles. The van der Waals surface area contributed by atoms with E-state index in [1.54, 1.807) is 30.1 Å². The Balaban J connectivity index is 1.35. The lowest BCUT2D eigenvalue weighted by Gasteiger charge is -2.34. The van der Waals surface area contributed by atoms with E-state index in [0.29, 0.717) is 44.4 Å². The van der Waals surface area contributed by atoms with Crippen LogP contribution in [0.25, 0.3) is 22.0 Å². The molecular weight excluding hydrogens is 571 g/mol. The quantitative estimate of drug-likeness (QED) is 0.229. The number of fused-ring (bicyclic) bond motifs is 2. The standard InChI is InChI=1S/C30H31Cl2F2N5O2/c1-3-37-10-9-20(24(34)15-37)17-5-7-18(8-6-17)21-12-23(31)22-14-39(36-27(22)26(21)32)29(30(40)41-4-2)28-25-11-19(33)13-38(25)16-35-28/h5-8,12,14,16,19-20,24,29H,3-4,9-11,13,15H2,1-2H3/t19-,20-,24+,29?/m0/s1. The molecule has 2 aromatic carbocycles. The Labute approximate surface area is 247 Å². The molecule has 0 saturated carbocycles. The maximum Gasteiger partial charge on any atom is 0.337 e. The molecule has 4 atom stereocenters. The fourth-order valence-corrected chi connectivity index (χ4v) is 6.64. The highest BCUT2D eigenvalue weighted by Gasteiger charge is 2.35. The first-order valence-corrected chi connectivity index (χ1v) is 14.7. The van der Waals surface area contributed by atoms with Gasteiger partial charge in [0.2, 0.25) is 0 Å². The molecule has 41 heavy (non-hydrogen) atoms. The summed E-state index contributed by atoms with van der Waals surface area (Å²) in [5, 5.41) is 6.03. The van der Waals surface area contributed by atoms with Gasteiger partial charge in [0.1, 0.15) is 17.9 Å². The van der Waals surface area contributed by atoms with Crippen LogP contribution in [0, 0.1) is 0 Å². The Kier molecular flexibility index (Phi) is 7.78. The highest BCUT2D eigenvalue weighted by Crippen LogP contribution is 2.40. The predicted molar refractivity (Wildman–Crippen MR) is 155 cm³/mol. The Morgan fingerprint density at radius 2 is 1.95 bits per heavy atom. The van der Waals surface area contributed by atoms with Gasteiger partial charge >= 0.3 is 5.97 Å². The van der Waals surface area contributed by atoms with Crippen molar-refractivity contribution in [2.75, 3.05) is 26.2 Å². The second kappa shape index (κ2) is 11.3. The summed E-state index contributed by atoms with van der Waals surface area (Å²) in [6.45, 7) is 6.32. The molecule has 0 N–H and O–H groups in total. The average molecular weight is 603 g/mol. The summed E-state index contributed by atoms with van der Waals surface area (Å²) in [6.07, 6.45) is 2.18. The molecule has 1 unspecified atom stereocenters. The molecule has 2 aromatic heterocycles. The number of esters is 1. The summed E-state index contributed by atoms with van der Waals surface area (Å²) in [5.41, 5.74) is 3.92. The topological polar surface area (TPSA) is 65.2 Å². The number of nitrogens with zero attached hydrogens (tertiary/aromatic N) is 5. The Hall–Kier alpha value is -3.01. The third-order valence-corrected chi connectivity index (χ3v) is 8.94. The number of hydrogen-bond donors (Lipinski definition) is 0. The smallest absolute Gasteiger partial charge is 0.337 e. The number of hydrogen-bond acceptors (Lipinski definition) is 5. The molecule has 0 bridgehead atoms. The van der Waals surface area contributed by atoms with Crippen molar-refractivity contribution in [2.45, 2.75) is 57.5 Å². The van der Waals surface area contributed by atoms with Crippen LogP contribution < -0.4 is 0 Å². The van der Waals surface area contributed by atoms with E-state index in [2.05, 4.69) is 21.9 Å². The molecule has 4 heterocycles. The van der Waals surface area contributed by atoms with Gasteiger partial charge in [0.05, 0.1) is 35.2 Å². The number of carbonyl (C=O) groups excluding carboxylic acids is 1. The molecular formula is C30H31Cl2F2N5O2. The summed E-state index contributed by atoms with van der Waals surface area (Å²) in [4.78, 5) is 19.7. The maximum atomic E-state index is 14.9.